The number of benzene rings is 2. The van der Waals surface area contributed by atoms with Crippen LogP contribution in [0.5, 0.6) is 11.5 Å². The molecule has 0 saturated heterocycles. The van der Waals surface area contributed by atoms with Crippen LogP contribution in [0.1, 0.15) is 11.1 Å². The molecule has 0 bridgehead atoms. The van der Waals surface area contributed by atoms with Gasteiger partial charge in [0.25, 0.3) is 0 Å². The van der Waals surface area contributed by atoms with E-state index in [1.165, 1.54) is 0 Å². The Labute approximate surface area is 135 Å². The third-order valence-electron chi connectivity index (χ3n) is 2.42. The molecular formula is C14H12Cl2O2Zr. The average molecular weight is 374 g/mol. The molecule has 0 radical (unpaired) electrons. The first-order chi connectivity index (χ1) is 9.31. The van der Waals surface area contributed by atoms with Gasteiger partial charge in [-0.2, -0.15) is 0 Å². The van der Waals surface area contributed by atoms with E-state index in [1.807, 2.05) is 48.5 Å². The van der Waals surface area contributed by atoms with Gasteiger partial charge in [-0.3, -0.25) is 0 Å². The van der Waals surface area contributed by atoms with E-state index in [9.17, 15) is 0 Å². The van der Waals surface area contributed by atoms with Crippen molar-refractivity contribution in [2.75, 3.05) is 0 Å². The van der Waals surface area contributed by atoms with Gasteiger partial charge < -0.3 is 0 Å². The number of hydrogen-bond donors (Lipinski definition) is 0. The fourth-order valence-corrected chi connectivity index (χ4v) is 3.03. The molecule has 2 rings (SSSR count). The number of hydrogen-bond acceptors (Lipinski definition) is 2. The van der Waals surface area contributed by atoms with Gasteiger partial charge in [0.15, 0.2) is 0 Å². The van der Waals surface area contributed by atoms with Crippen LogP contribution in [0.15, 0.2) is 48.5 Å². The van der Waals surface area contributed by atoms with Crippen LogP contribution in [0.25, 0.3) is 0 Å². The van der Waals surface area contributed by atoms with E-state index in [4.69, 9.17) is 28.8 Å². The molecule has 0 atom stereocenters. The van der Waals surface area contributed by atoms with E-state index in [0.29, 0.717) is 11.8 Å². The van der Waals surface area contributed by atoms with Gasteiger partial charge in [0.05, 0.1) is 0 Å². The Balaban J connectivity index is 1.88. The predicted octanol–water partition coefficient (Wildman–Crippen LogP) is 4.53. The van der Waals surface area contributed by atoms with Crippen LogP contribution < -0.4 is 5.63 Å². The van der Waals surface area contributed by atoms with Gasteiger partial charge in [0.2, 0.25) is 0 Å². The maximum atomic E-state index is 5.78. The second-order valence-electron chi connectivity index (χ2n) is 3.85. The van der Waals surface area contributed by atoms with Crippen molar-refractivity contribution >= 4 is 23.2 Å². The molecule has 5 heteroatoms. The predicted molar refractivity (Wildman–Crippen MR) is 73.3 cm³/mol. The Morgan fingerprint density at radius 2 is 1.26 bits per heavy atom. The summed E-state index contributed by atoms with van der Waals surface area (Å²) >= 11 is 10.2. The summed E-state index contributed by atoms with van der Waals surface area (Å²) in [6, 6.07) is 15.5. The van der Waals surface area contributed by atoms with Crippen LogP contribution in [0.4, 0.5) is 0 Å². The zero-order chi connectivity index (χ0) is 13.5. The van der Waals surface area contributed by atoms with Crippen molar-refractivity contribution < 1.29 is 29.7 Å². The number of halogens is 2. The summed E-state index contributed by atoms with van der Waals surface area (Å²) < 4.78 is 11.4. The fraction of sp³-hybridized carbons (Fsp3) is 0.143. The van der Waals surface area contributed by atoms with E-state index in [-0.39, 0.29) is 0 Å². The summed E-state index contributed by atoms with van der Waals surface area (Å²) in [4.78, 5) is 0. The van der Waals surface area contributed by atoms with Crippen molar-refractivity contribution in [1.82, 2.24) is 0 Å². The van der Waals surface area contributed by atoms with Crippen LogP contribution in [0, 0.1) is 0 Å². The molecule has 0 aliphatic rings. The van der Waals surface area contributed by atoms with E-state index < -0.39 is 24.1 Å². The summed E-state index contributed by atoms with van der Waals surface area (Å²) in [6.45, 7) is 0. The van der Waals surface area contributed by atoms with Crippen molar-refractivity contribution in [1.29, 1.82) is 0 Å². The molecule has 0 spiro atoms. The molecule has 0 aliphatic heterocycles. The van der Waals surface area contributed by atoms with Crippen LogP contribution in [0.3, 0.4) is 0 Å². The molecule has 2 aromatic carbocycles. The molecule has 19 heavy (non-hydrogen) atoms. The Kier molecular flexibility index (Phi) is 6.23. The van der Waals surface area contributed by atoms with Crippen molar-refractivity contribution in [3.8, 4) is 11.5 Å². The van der Waals surface area contributed by atoms with Crippen LogP contribution in [0.2, 0.25) is 0 Å². The summed E-state index contributed by atoms with van der Waals surface area (Å²) in [5.74, 6) is 2.61. The molecule has 2 nitrogen and oxygen atoms in total. The van der Waals surface area contributed by atoms with Crippen molar-refractivity contribution in [3.05, 3.63) is 59.7 Å². The third kappa shape index (κ3) is 4.83. The number of alkyl halides is 2. The minimum atomic E-state index is -1.40. The first-order valence-electron chi connectivity index (χ1n) is 5.70. The molecule has 0 aliphatic carbocycles. The van der Waals surface area contributed by atoms with Gasteiger partial charge in [-0.1, -0.05) is 0 Å². The fourth-order valence-electron chi connectivity index (χ4n) is 1.50. The molecule has 0 unspecified atom stereocenters. The second-order valence-corrected chi connectivity index (χ2v) is 5.80. The molecule has 0 N–H and O–H groups in total. The van der Waals surface area contributed by atoms with Gasteiger partial charge in [0, 0.05) is 0 Å². The molecule has 0 fully saturated rings. The second kappa shape index (κ2) is 7.94. The van der Waals surface area contributed by atoms with E-state index in [2.05, 4.69) is 0 Å². The first kappa shape index (κ1) is 14.9. The van der Waals surface area contributed by atoms with Gasteiger partial charge in [0.1, 0.15) is 0 Å². The molecule has 0 heterocycles. The van der Waals surface area contributed by atoms with Crippen molar-refractivity contribution in [2.24, 2.45) is 0 Å². The van der Waals surface area contributed by atoms with Gasteiger partial charge in [-0.05, 0) is 0 Å². The molecule has 0 saturated carbocycles. The zero-order valence-corrected chi connectivity index (χ0v) is 14.1. The summed E-state index contributed by atoms with van der Waals surface area (Å²) in [5, 5.41) is 0. The number of rotatable bonds is 6. The van der Waals surface area contributed by atoms with E-state index in [1.54, 1.807) is 0 Å². The summed E-state index contributed by atoms with van der Waals surface area (Å²) in [7, 11) is 0. The minimum absolute atomic E-state index is 0.487. The average Bonchev–Trinajstić information content (AvgIpc) is 2.48. The monoisotopic (exact) mass is 372 g/mol. The van der Waals surface area contributed by atoms with Crippen molar-refractivity contribution in [3.63, 3.8) is 0 Å². The van der Waals surface area contributed by atoms with E-state index in [0.717, 1.165) is 22.6 Å². The Bertz CT molecular complexity index is 487. The first-order valence-corrected chi connectivity index (χ1v) is 8.78. The Morgan fingerprint density at radius 1 is 0.789 bits per heavy atom. The van der Waals surface area contributed by atoms with E-state index >= 15 is 0 Å². The molecule has 0 amide bonds. The third-order valence-corrected chi connectivity index (χ3v) is 4.61. The van der Waals surface area contributed by atoms with Crippen LogP contribution >= 0.6 is 23.2 Å². The maximum absolute atomic E-state index is 5.78. The van der Waals surface area contributed by atoms with Crippen LogP contribution in [-0.2, 0) is 35.9 Å². The van der Waals surface area contributed by atoms with Gasteiger partial charge in [-0.15, -0.1) is 0 Å². The molecule has 2 aromatic rings. The normalized spacial score (nSPS) is 10.0. The zero-order valence-electron chi connectivity index (χ0n) is 10.1. The Morgan fingerprint density at radius 3 is 1.68 bits per heavy atom. The van der Waals surface area contributed by atoms with Crippen molar-refractivity contribution in [2.45, 2.75) is 11.8 Å². The SMILES string of the molecule is ClCc1cccc([O][Zr][O]c2cccc(CCl)c2)c1. The quantitative estimate of drug-likeness (QED) is 0.692. The standard InChI is InChI=1S/2C7H7ClO.Zr/c2*8-5-6-2-1-3-7(9)4-6;/h2*1-4,9H,5H2;/q;;+2/p-2. The molecule has 0 aromatic heterocycles. The van der Waals surface area contributed by atoms with Gasteiger partial charge in [-0.25, -0.2) is 0 Å². The topological polar surface area (TPSA) is 18.5 Å². The Hall–Kier alpha value is -0.497. The van der Waals surface area contributed by atoms with Crippen LogP contribution in [-0.4, -0.2) is 0 Å². The summed E-state index contributed by atoms with van der Waals surface area (Å²) in [5.41, 5.74) is 2.09. The van der Waals surface area contributed by atoms with Gasteiger partial charge >= 0.3 is 136 Å². The molecular weight excluding hydrogens is 362 g/mol. The summed E-state index contributed by atoms with van der Waals surface area (Å²) in [6.07, 6.45) is 0. The molecule has 98 valence electrons.